The Morgan fingerprint density at radius 1 is 1.13 bits per heavy atom. The van der Waals surface area contributed by atoms with Gasteiger partial charge in [-0.25, -0.2) is 4.98 Å². The van der Waals surface area contributed by atoms with Gasteiger partial charge >= 0.3 is 0 Å². The fourth-order valence-electron chi connectivity index (χ4n) is 3.16. The van der Waals surface area contributed by atoms with Crippen molar-refractivity contribution in [3.63, 3.8) is 0 Å². The van der Waals surface area contributed by atoms with E-state index in [2.05, 4.69) is 10.3 Å². The van der Waals surface area contributed by atoms with E-state index in [1.807, 2.05) is 66.2 Å². The summed E-state index contributed by atoms with van der Waals surface area (Å²) in [7, 11) is 3.38. The zero-order valence-corrected chi connectivity index (χ0v) is 18.1. The van der Waals surface area contributed by atoms with Crippen molar-refractivity contribution in [3.05, 3.63) is 83.9 Å². The van der Waals surface area contributed by atoms with Gasteiger partial charge in [-0.05, 0) is 30.2 Å². The monoisotopic (exact) mass is 420 g/mol. The maximum Gasteiger partial charge on any atom is 0.259 e. The number of carbonyl (C=O) groups is 2. The molecule has 0 bridgehead atoms. The summed E-state index contributed by atoms with van der Waals surface area (Å²) in [5, 5.41) is 3.09. The van der Waals surface area contributed by atoms with E-state index >= 15 is 0 Å². The van der Waals surface area contributed by atoms with Gasteiger partial charge in [0.25, 0.3) is 11.8 Å². The van der Waals surface area contributed by atoms with Crippen LogP contribution in [0, 0.1) is 0 Å². The van der Waals surface area contributed by atoms with Gasteiger partial charge in [-0.1, -0.05) is 37.3 Å². The van der Waals surface area contributed by atoms with Crippen LogP contribution < -0.4 is 10.1 Å². The summed E-state index contributed by atoms with van der Waals surface area (Å²) in [6, 6.07) is 14.8. The lowest BCUT2D eigenvalue weighted by Crippen LogP contribution is -2.30. The van der Waals surface area contributed by atoms with Gasteiger partial charge < -0.3 is 19.5 Å². The molecule has 2 aromatic carbocycles. The molecule has 0 saturated carbocycles. The van der Waals surface area contributed by atoms with Crippen molar-refractivity contribution in [3.8, 4) is 5.75 Å². The summed E-state index contributed by atoms with van der Waals surface area (Å²) in [5.74, 6) is 0.323. The largest absolute Gasteiger partial charge is 0.483 e. The molecule has 0 aliphatic heterocycles. The molecule has 0 aliphatic rings. The molecule has 1 atom stereocenters. The summed E-state index contributed by atoms with van der Waals surface area (Å²) < 4.78 is 7.72. The molecule has 162 valence electrons. The Labute approximate surface area is 182 Å². The second kappa shape index (κ2) is 10.4. The summed E-state index contributed by atoms with van der Waals surface area (Å²) >= 11 is 0. The highest BCUT2D eigenvalue weighted by Gasteiger charge is 2.18. The van der Waals surface area contributed by atoms with Gasteiger partial charge in [0.05, 0.1) is 12.4 Å². The number of carbonyl (C=O) groups excluding carboxylic acids is 2. The van der Waals surface area contributed by atoms with Gasteiger partial charge in [-0.15, -0.1) is 0 Å². The minimum Gasteiger partial charge on any atom is -0.483 e. The van der Waals surface area contributed by atoms with E-state index in [-0.39, 0.29) is 24.5 Å². The molecule has 1 N–H and O–H groups in total. The maximum atomic E-state index is 12.9. The molecule has 1 aromatic heterocycles. The molecule has 2 amide bonds. The van der Waals surface area contributed by atoms with E-state index in [1.54, 1.807) is 26.6 Å². The molecule has 0 spiro atoms. The van der Waals surface area contributed by atoms with Crippen molar-refractivity contribution in [1.29, 1.82) is 0 Å². The van der Waals surface area contributed by atoms with Gasteiger partial charge in [-0.2, -0.15) is 0 Å². The number of nitrogens with zero attached hydrogens (tertiary/aromatic N) is 3. The van der Waals surface area contributed by atoms with Crippen LogP contribution >= 0.6 is 0 Å². The normalized spacial score (nSPS) is 11.6. The lowest BCUT2D eigenvalue weighted by molar-refractivity contribution is -0.130. The minimum absolute atomic E-state index is 0.0488. The standard InChI is InChI=1S/C24H28N4O3/c1-4-21(20-7-5-6-8-22(20)31-16-23(29)27(2)3)26-24(30)19-11-9-18(10-12-19)15-28-14-13-25-17-28/h5-14,17,21H,4,15-16H2,1-3H3,(H,26,30). The summed E-state index contributed by atoms with van der Waals surface area (Å²) in [6.45, 7) is 2.66. The second-order valence-electron chi connectivity index (χ2n) is 7.48. The van der Waals surface area contributed by atoms with Gasteiger partial charge in [-0.3, -0.25) is 9.59 Å². The summed E-state index contributed by atoms with van der Waals surface area (Å²) in [4.78, 5) is 30.3. The van der Waals surface area contributed by atoms with Crippen LogP contribution in [0.25, 0.3) is 0 Å². The van der Waals surface area contributed by atoms with Crippen LogP contribution in [0.2, 0.25) is 0 Å². The SMILES string of the molecule is CCC(NC(=O)c1ccc(Cn2ccnc2)cc1)c1ccccc1OCC(=O)N(C)C. The van der Waals surface area contributed by atoms with Crippen molar-refractivity contribution < 1.29 is 14.3 Å². The smallest absolute Gasteiger partial charge is 0.259 e. The van der Waals surface area contributed by atoms with Crippen molar-refractivity contribution in [2.24, 2.45) is 0 Å². The molecule has 1 heterocycles. The number of hydrogen-bond donors (Lipinski definition) is 1. The van der Waals surface area contributed by atoms with Crippen molar-refractivity contribution in [2.45, 2.75) is 25.9 Å². The number of likely N-dealkylation sites (N-methyl/N-ethyl adjacent to an activating group) is 1. The predicted molar refractivity (Wildman–Crippen MR) is 119 cm³/mol. The summed E-state index contributed by atoms with van der Waals surface area (Å²) in [5.41, 5.74) is 2.53. The number of hydrogen-bond acceptors (Lipinski definition) is 4. The first-order chi connectivity index (χ1) is 15.0. The third kappa shape index (κ3) is 5.94. The Bertz CT molecular complexity index is 998. The van der Waals surface area contributed by atoms with Crippen LogP contribution in [0.1, 0.15) is 40.9 Å². The van der Waals surface area contributed by atoms with E-state index in [0.717, 1.165) is 11.1 Å². The van der Waals surface area contributed by atoms with Crippen LogP contribution in [-0.4, -0.2) is 47.0 Å². The van der Waals surface area contributed by atoms with Crippen molar-refractivity contribution in [2.75, 3.05) is 20.7 Å². The topological polar surface area (TPSA) is 76.5 Å². The molecular formula is C24H28N4O3. The van der Waals surface area contributed by atoms with E-state index in [4.69, 9.17) is 4.74 Å². The first-order valence-corrected chi connectivity index (χ1v) is 10.2. The Morgan fingerprint density at radius 3 is 2.52 bits per heavy atom. The molecule has 7 nitrogen and oxygen atoms in total. The highest BCUT2D eigenvalue weighted by atomic mass is 16.5. The average molecular weight is 421 g/mol. The Kier molecular flexibility index (Phi) is 7.43. The lowest BCUT2D eigenvalue weighted by Gasteiger charge is -2.21. The molecule has 0 aliphatic carbocycles. The number of imidazole rings is 1. The van der Waals surface area contributed by atoms with E-state index in [9.17, 15) is 9.59 Å². The minimum atomic E-state index is -0.233. The van der Waals surface area contributed by atoms with Crippen LogP contribution in [0.3, 0.4) is 0 Å². The number of rotatable bonds is 9. The quantitative estimate of drug-likeness (QED) is 0.576. The fourth-order valence-corrected chi connectivity index (χ4v) is 3.16. The number of para-hydroxylation sites is 1. The molecule has 7 heteroatoms. The molecule has 0 fully saturated rings. The molecule has 1 unspecified atom stereocenters. The number of nitrogens with one attached hydrogen (secondary N) is 1. The zero-order chi connectivity index (χ0) is 22.2. The van der Waals surface area contributed by atoms with Gasteiger partial charge in [0.15, 0.2) is 6.61 Å². The lowest BCUT2D eigenvalue weighted by atomic mass is 10.0. The number of ether oxygens (including phenoxy) is 1. The first kappa shape index (κ1) is 22.1. The first-order valence-electron chi connectivity index (χ1n) is 10.2. The number of amides is 2. The Morgan fingerprint density at radius 2 is 1.87 bits per heavy atom. The Balaban J connectivity index is 1.68. The van der Waals surface area contributed by atoms with Gasteiger partial charge in [0, 0.05) is 44.2 Å². The van der Waals surface area contributed by atoms with E-state index in [1.165, 1.54) is 4.90 Å². The summed E-state index contributed by atoms with van der Waals surface area (Å²) in [6.07, 6.45) is 6.09. The van der Waals surface area contributed by atoms with E-state index < -0.39 is 0 Å². The molecule has 0 radical (unpaired) electrons. The maximum absolute atomic E-state index is 12.9. The van der Waals surface area contributed by atoms with Crippen molar-refractivity contribution >= 4 is 11.8 Å². The highest BCUT2D eigenvalue weighted by molar-refractivity contribution is 5.94. The van der Waals surface area contributed by atoms with Crippen LogP contribution in [0.15, 0.2) is 67.3 Å². The Hall–Kier alpha value is -3.61. The van der Waals surface area contributed by atoms with Crippen LogP contribution in [0.4, 0.5) is 0 Å². The number of aromatic nitrogens is 2. The highest BCUT2D eigenvalue weighted by Crippen LogP contribution is 2.27. The number of benzene rings is 2. The third-order valence-electron chi connectivity index (χ3n) is 5.00. The molecule has 3 rings (SSSR count). The van der Waals surface area contributed by atoms with Gasteiger partial charge in [0.1, 0.15) is 5.75 Å². The second-order valence-corrected chi connectivity index (χ2v) is 7.48. The van der Waals surface area contributed by atoms with E-state index in [0.29, 0.717) is 24.3 Å². The van der Waals surface area contributed by atoms with Crippen LogP contribution in [-0.2, 0) is 11.3 Å². The predicted octanol–water partition coefficient (Wildman–Crippen LogP) is 3.28. The molecule has 3 aromatic rings. The fraction of sp³-hybridized carbons (Fsp3) is 0.292. The molecular weight excluding hydrogens is 392 g/mol. The van der Waals surface area contributed by atoms with Crippen molar-refractivity contribution in [1.82, 2.24) is 19.8 Å². The molecule has 31 heavy (non-hydrogen) atoms. The van der Waals surface area contributed by atoms with Gasteiger partial charge in [0.2, 0.25) is 0 Å². The average Bonchev–Trinajstić information content (AvgIpc) is 3.29. The molecule has 0 saturated heterocycles. The zero-order valence-electron chi connectivity index (χ0n) is 18.1. The third-order valence-corrected chi connectivity index (χ3v) is 5.00. The van der Waals surface area contributed by atoms with Crippen LogP contribution in [0.5, 0.6) is 5.75 Å².